The summed E-state index contributed by atoms with van der Waals surface area (Å²) in [6.45, 7) is 0. The number of rotatable bonds is 4. The second-order valence-electron chi connectivity index (χ2n) is 9.02. The number of benzene rings is 5. The fourth-order valence-electron chi connectivity index (χ4n) is 4.77. The summed E-state index contributed by atoms with van der Waals surface area (Å²) in [5.41, 5.74) is 6.10. The van der Waals surface area contributed by atoms with E-state index in [0.29, 0.717) is 33.6 Å². The van der Waals surface area contributed by atoms with Crippen molar-refractivity contribution in [1.29, 1.82) is 0 Å². The Morgan fingerprint density at radius 3 is 1.87 bits per heavy atom. The maximum atomic E-state index is 6.81. The molecule has 2 heterocycles. The van der Waals surface area contributed by atoms with Crippen molar-refractivity contribution in [2.24, 2.45) is 0 Å². The first-order valence-electron chi connectivity index (χ1n) is 12.3. The van der Waals surface area contributed by atoms with E-state index in [9.17, 15) is 0 Å². The molecule has 0 bridgehead atoms. The summed E-state index contributed by atoms with van der Waals surface area (Å²) < 4.78 is 6.30. The molecule has 0 saturated carbocycles. The minimum atomic E-state index is 0.466. The molecular weight excluding hydrogens is 490 g/mol. The van der Waals surface area contributed by atoms with E-state index >= 15 is 0 Å². The van der Waals surface area contributed by atoms with Crippen LogP contribution in [0.4, 0.5) is 0 Å². The fourth-order valence-corrected chi connectivity index (χ4v) is 5.01. The van der Waals surface area contributed by atoms with Crippen LogP contribution in [-0.4, -0.2) is 15.0 Å². The molecule has 0 aliphatic rings. The molecule has 0 N–H and O–H groups in total. The average Bonchev–Trinajstić information content (AvgIpc) is 3.36. The molecule has 0 aliphatic heterocycles. The summed E-state index contributed by atoms with van der Waals surface area (Å²) >= 11 is 6.81. The number of para-hydroxylation sites is 1. The van der Waals surface area contributed by atoms with Crippen molar-refractivity contribution in [3.05, 3.63) is 126 Å². The Morgan fingerprint density at radius 1 is 0.474 bits per heavy atom. The minimum absolute atomic E-state index is 0.466. The first-order chi connectivity index (χ1) is 18.7. The number of hydrogen-bond donors (Lipinski definition) is 0. The van der Waals surface area contributed by atoms with Gasteiger partial charge >= 0.3 is 0 Å². The van der Waals surface area contributed by atoms with Crippen LogP contribution in [0.15, 0.2) is 126 Å². The smallest absolute Gasteiger partial charge is 0.169 e. The highest BCUT2D eigenvalue weighted by Crippen LogP contribution is 2.39. The standard InChI is InChI=1S/C33H20ClN3O/c34-27-19-18-26-25-16-7-8-17-28(25)38-30(26)29(27)33-36-31(22-12-5-2-6-13-22)35-32(37-33)24-15-9-14-23(20-24)21-10-3-1-4-11-21/h1-20H. The lowest BCUT2D eigenvalue weighted by atomic mass is 10.0. The van der Waals surface area contributed by atoms with Gasteiger partial charge in [0, 0.05) is 21.9 Å². The van der Waals surface area contributed by atoms with Crippen LogP contribution in [0, 0.1) is 0 Å². The summed E-state index contributed by atoms with van der Waals surface area (Å²) in [4.78, 5) is 14.7. The highest BCUT2D eigenvalue weighted by atomic mass is 35.5. The Kier molecular flexibility index (Phi) is 5.46. The third-order valence-corrected chi connectivity index (χ3v) is 6.93. The molecule has 4 nitrogen and oxygen atoms in total. The van der Waals surface area contributed by atoms with Crippen LogP contribution >= 0.6 is 11.6 Å². The van der Waals surface area contributed by atoms with Crippen molar-refractivity contribution in [2.75, 3.05) is 0 Å². The molecule has 7 aromatic rings. The molecule has 0 atom stereocenters. The Labute approximate surface area is 224 Å². The van der Waals surface area contributed by atoms with Crippen LogP contribution in [-0.2, 0) is 0 Å². The molecule has 180 valence electrons. The van der Waals surface area contributed by atoms with Gasteiger partial charge in [-0.3, -0.25) is 0 Å². The van der Waals surface area contributed by atoms with Crippen molar-refractivity contribution in [2.45, 2.75) is 0 Å². The maximum Gasteiger partial charge on any atom is 0.169 e. The zero-order valence-corrected chi connectivity index (χ0v) is 20.9. The van der Waals surface area contributed by atoms with Gasteiger partial charge in [-0.25, -0.2) is 15.0 Å². The second kappa shape index (κ2) is 9.25. The Hall–Kier alpha value is -4.80. The lowest BCUT2D eigenvalue weighted by molar-refractivity contribution is 0.669. The Bertz CT molecular complexity index is 1930. The van der Waals surface area contributed by atoms with Crippen LogP contribution in [0.25, 0.3) is 67.2 Å². The molecule has 0 radical (unpaired) electrons. The molecular formula is C33H20ClN3O. The second-order valence-corrected chi connectivity index (χ2v) is 9.42. The largest absolute Gasteiger partial charge is 0.455 e. The van der Waals surface area contributed by atoms with Gasteiger partial charge in [-0.2, -0.15) is 0 Å². The number of fused-ring (bicyclic) bond motifs is 3. The fraction of sp³-hybridized carbons (Fsp3) is 0. The number of halogens is 1. The predicted octanol–water partition coefficient (Wildman–Crippen LogP) is 9.09. The monoisotopic (exact) mass is 509 g/mol. The zero-order valence-electron chi connectivity index (χ0n) is 20.2. The van der Waals surface area contributed by atoms with Gasteiger partial charge < -0.3 is 4.42 Å². The topological polar surface area (TPSA) is 51.8 Å². The summed E-state index contributed by atoms with van der Waals surface area (Å²) in [5, 5.41) is 2.51. The SMILES string of the molecule is Clc1ccc2c(oc3ccccc32)c1-c1nc(-c2ccccc2)nc(-c2cccc(-c3ccccc3)c2)n1. The van der Waals surface area contributed by atoms with E-state index in [1.54, 1.807) is 0 Å². The van der Waals surface area contributed by atoms with Crippen molar-refractivity contribution in [3.63, 3.8) is 0 Å². The molecule has 0 spiro atoms. The molecule has 0 aliphatic carbocycles. The first-order valence-corrected chi connectivity index (χ1v) is 12.7. The summed E-state index contributed by atoms with van der Waals surface area (Å²) in [6.07, 6.45) is 0. The molecule has 0 unspecified atom stereocenters. The normalized spacial score (nSPS) is 11.3. The summed E-state index contributed by atoms with van der Waals surface area (Å²) in [7, 11) is 0. The van der Waals surface area contributed by atoms with Gasteiger partial charge in [-0.15, -0.1) is 0 Å². The third-order valence-electron chi connectivity index (χ3n) is 6.61. The van der Waals surface area contributed by atoms with Gasteiger partial charge in [0.1, 0.15) is 11.2 Å². The van der Waals surface area contributed by atoms with Gasteiger partial charge in [0.05, 0.1) is 10.6 Å². The molecule has 7 rings (SSSR count). The molecule has 2 aromatic heterocycles. The van der Waals surface area contributed by atoms with E-state index in [1.165, 1.54) is 0 Å². The highest BCUT2D eigenvalue weighted by Gasteiger charge is 2.20. The lowest BCUT2D eigenvalue weighted by Crippen LogP contribution is -2.01. The van der Waals surface area contributed by atoms with Crippen LogP contribution in [0.1, 0.15) is 0 Å². The van der Waals surface area contributed by atoms with Crippen molar-refractivity contribution in [1.82, 2.24) is 15.0 Å². The van der Waals surface area contributed by atoms with Gasteiger partial charge in [0.15, 0.2) is 17.5 Å². The van der Waals surface area contributed by atoms with Crippen LogP contribution in [0.3, 0.4) is 0 Å². The van der Waals surface area contributed by atoms with E-state index in [4.69, 9.17) is 31.0 Å². The van der Waals surface area contributed by atoms with Gasteiger partial charge in [0.25, 0.3) is 0 Å². The summed E-state index contributed by atoms with van der Waals surface area (Å²) in [5.74, 6) is 1.60. The van der Waals surface area contributed by atoms with E-state index in [-0.39, 0.29) is 0 Å². The maximum absolute atomic E-state index is 6.81. The number of aromatic nitrogens is 3. The summed E-state index contributed by atoms with van der Waals surface area (Å²) in [6, 6.07) is 40.2. The van der Waals surface area contributed by atoms with Gasteiger partial charge in [0.2, 0.25) is 0 Å². The van der Waals surface area contributed by atoms with Crippen LogP contribution < -0.4 is 0 Å². The Balaban J connectivity index is 1.48. The molecule has 0 saturated heterocycles. The van der Waals surface area contributed by atoms with Crippen molar-refractivity contribution in [3.8, 4) is 45.3 Å². The molecule has 0 fully saturated rings. The molecule has 5 aromatic carbocycles. The van der Waals surface area contributed by atoms with Gasteiger partial charge in [-0.1, -0.05) is 109 Å². The van der Waals surface area contributed by atoms with Crippen LogP contribution in [0.5, 0.6) is 0 Å². The highest BCUT2D eigenvalue weighted by molar-refractivity contribution is 6.35. The van der Waals surface area contributed by atoms with E-state index < -0.39 is 0 Å². The van der Waals surface area contributed by atoms with E-state index in [1.807, 2.05) is 97.1 Å². The molecule has 5 heteroatoms. The van der Waals surface area contributed by atoms with E-state index in [0.717, 1.165) is 38.6 Å². The quantitative estimate of drug-likeness (QED) is 0.237. The molecule has 38 heavy (non-hydrogen) atoms. The zero-order chi connectivity index (χ0) is 25.5. The lowest BCUT2D eigenvalue weighted by Gasteiger charge is -2.10. The number of nitrogens with zero attached hydrogens (tertiary/aromatic N) is 3. The van der Waals surface area contributed by atoms with E-state index in [2.05, 4.69) is 24.3 Å². The first kappa shape index (κ1) is 22.4. The molecule has 0 amide bonds. The predicted molar refractivity (Wildman–Crippen MR) is 154 cm³/mol. The van der Waals surface area contributed by atoms with Crippen molar-refractivity contribution >= 4 is 33.5 Å². The number of furan rings is 1. The van der Waals surface area contributed by atoms with Gasteiger partial charge in [-0.05, 0) is 35.4 Å². The third kappa shape index (κ3) is 3.92. The average molecular weight is 510 g/mol. The van der Waals surface area contributed by atoms with Crippen LogP contribution in [0.2, 0.25) is 5.02 Å². The number of hydrogen-bond acceptors (Lipinski definition) is 4. The van der Waals surface area contributed by atoms with Crippen molar-refractivity contribution < 1.29 is 4.42 Å². The Morgan fingerprint density at radius 2 is 1.08 bits per heavy atom. The minimum Gasteiger partial charge on any atom is -0.455 e.